The molecule has 5 nitrogen and oxygen atoms in total. The Morgan fingerprint density at radius 1 is 1.13 bits per heavy atom. The van der Waals surface area contributed by atoms with E-state index < -0.39 is 0 Å². The highest BCUT2D eigenvalue weighted by atomic mass is 16.5. The van der Waals surface area contributed by atoms with Gasteiger partial charge in [0.15, 0.2) is 0 Å². The molecule has 0 radical (unpaired) electrons. The fourth-order valence-corrected chi connectivity index (χ4v) is 2.73. The van der Waals surface area contributed by atoms with Crippen molar-refractivity contribution < 1.29 is 9.53 Å². The fraction of sp³-hybridized carbons (Fsp3) is 0.333. The lowest BCUT2D eigenvalue weighted by atomic mass is 10.1. The van der Waals surface area contributed by atoms with Crippen LogP contribution in [-0.2, 0) is 16.1 Å². The van der Waals surface area contributed by atoms with E-state index in [2.05, 4.69) is 10.3 Å². The third kappa shape index (κ3) is 3.94. The summed E-state index contributed by atoms with van der Waals surface area (Å²) in [5, 5.41) is 2.93. The molecule has 1 aromatic heterocycles. The number of hydrogen-bond donors (Lipinski definition) is 2. The highest BCUT2D eigenvalue weighted by Gasteiger charge is 2.29. The molecule has 1 saturated heterocycles. The van der Waals surface area contributed by atoms with Crippen molar-refractivity contribution in [3.05, 3.63) is 54.4 Å². The van der Waals surface area contributed by atoms with Crippen molar-refractivity contribution >= 4 is 5.91 Å². The molecule has 3 N–H and O–H groups in total. The van der Waals surface area contributed by atoms with Crippen LogP contribution in [0.2, 0.25) is 0 Å². The van der Waals surface area contributed by atoms with E-state index in [1.54, 1.807) is 12.4 Å². The van der Waals surface area contributed by atoms with Crippen LogP contribution in [-0.4, -0.2) is 29.6 Å². The van der Waals surface area contributed by atoms with E-state index in [4.69, 9.17) is 10.5 Å². The molecule has 3 rings (SSSR count). The first kappa shape index (κ1) is 15.6. The molecule has 120 valence electrons. The van der Waals surface area contributed by atoms with Crippen LogP contribution in [0.3, 0.4) is 0 Å². The van der Waals surface area contributed by atoms with Crippen LogP contribution in [0, 0.1) is 0 Å². The highest BCUT2D eigenvalue weighted by molar-refractivity contribution is 5.81. The summed E-state index contributed by atoms with van der Waals surface area (Å²) in [7, 11) is 0. The van der Waals surface area contributed by atoms with E-state index in [0.717, 1.165) is 29.5 Å². The largest absolute Gasteiger partial charge is 0.364 e. The Labute approximate surface area is 135 Å². The molecule has 2 heterocycles. The van der Waals surface area contributed by atoms with Crippen LogP contribution in [0.5, 0.6) is 0 Å². The van der Waals surface area contributed by atoms with Crippen LogP contribution in [0.1, 0.15) is 18.4 Å². The van der Waals surface area contributed by atoms with Gasteiger partial charge in [-0.3, -0.25) is 9.78 Å². The van der Waals surface area contributed by atoms with Gasteiger partial charge < -0.3 is 15.8 Å². The van der Waals surface area contributed by atoms with Crippen LogP contribution < -0.4 is 11.1 Å². The Balaban J connectivity index is 1.54. The maximum atomic E-state index is 12.1. The predicted octanol–water partition coefficient (Wildman–Crippen LogP) is 1.87. The van der Waals surface area contributed by atoms with Crippen molar-refractivity contribution in [1.29, 1.82) is 0 Å². The number of pyridine rings is 1. The van der Waals surface area contributed by atoms with Gasteiger partial charge in [0, 0.05) is 25.5 Å². The fourth-order valence-electron chi connectivity index (χ4n) is 2.73. The zero-order valence-corrected chi connectivity index (χ0v) is 12.9. The Kier molecular flexibility index (Phi) is 5.00. The number of hydrogen-bond acceptors (Lipinski definition) is 4. The number of nitrogens with one attached hydrogen (secondary N) is 1. The summed E-state index contributed by atoms with van der Waals surface area (Å²) in [6.45, 7) is 0.975. The number of carbonyl (C=O) groups is 1. The van der Waals surface area contributed by atoms with Crippen molar-refractivity contribution in [1.82, 2.24) is 10.3 Å². The zero-order chi connectivity index (χ0) is 16.1. The number of aromatic nitrogens is 1. The summed E-state index contributed by atoms with van der Waals surface area (Å²) in [5.74, 6) is -0.0563. The summed E-state index contributed by atoms with van der Waals surface area (Å²) in [6, 6.07) is 12.1. The number of ether oxygens (including phenoxy) is 1. The molecule has 5 heteroatoms. The summed E-state index contributed by atoms with van der Waals surface area (Å²) >= 11 is 0. The number of nitrogens with zero attached hydrogens (tertiary/aromatic N) is 1. The van der Waals surface area contributed by atoms with Crippen LogP contribution in [0.4, 0.5) is 0 Å². The molecule has 23 heavy (non-hydrogen) atoms. The number of amides is 1. The molecule has 2 aromatic rings. The molecular weight excluding hydrogens is 290 g/mol. The second kappa shape index (κ2) is 7.35. The molecule has 0 spiro atoms. The van der Waals surface area contributed by atoms with E-state index >= 15 is 0 Å². The molecule has 0 bridgehead atoms. The van der Waals surface area contributed by atoms with Gasteiger partial charge in [0.05, 0.1) is 6.10 Å². The minimum Gasteiger partial charge on any atom is -0.364 e. The lowest BCUT2D eigenvalue weighted by Gasteiger charge is -2.13. The van der Waals surface area contributed by atoms with Gasteiger partial charge in [-0.05, 0) is 41.7 Å². The molecule has 1 aliphatic heterocycles. The highest BCUT2D eigenvalue weighted by Crippen LogP contribution is 2.20. The van der Waals surface area contributed by atoms with Crippen LogP contribution >= 0.6 is 0 Å². The topological polar surface area (TPSA) is 77.2 Å². The van der Waals surface area contributed by atoms with Gasteiger partial charge in [-0.15, -0.1) is 0 Å². The van der Waals surface area contributed by atoms with Gasteiger partial charge >= 0.3 is 0 Å². The number of rotatable bonds is 5. The van der Waals surface area contributed by atoms with Crippen molar-refractivity contribution in [3.63, 3.8) is 0 Å². The predicted molar refractivity (Wildman–Crippen MR) is 88.5 cm³/mol. The first-order valence-corrected chi connectivity index (χ1v) is 7.89. The van der Waals surface area contributed by atoms with Crippen molar-refractivity contribution in [2.24, 2.45) is 5.73 Å². The number of nitrogens with two attached hydrogens (primary N) is 1. The SMILES string of the molecule is NC[C@H]1CC[C@@H](C(=O)NCc2ccc(-c3ccncc3)cc2)O1. The van der Waals surface area contributed by atoms with E-state index in [-0.39, 0.29) is 18.1 Å². The van der Waals surface area contributed by atoms with E-state index in [0.29, 0.717) is 13.1 Å². The standard InChI is InChI=1S/C18H21N3O2/c19-11-16-5-6-17(23-16)18(22)21-12-13-1-3-14(4-2-13)15-7-9-20-10-8-15/h1-4,7-10,16-17H,5-6,11-12,19H2,(H,21,22)/t16-,17+/m1/s1. The van der Waals surface area contributed by atoms with Gasteiger partial charge in [0.25, 0.3) is 0 Å². The Bertz CT molecular complexity index is 643. The summed E-state index contributed by atoms with van der Waals surface area (Å²) < 4.78 is 5.59. The lowest BCUT2D eigenvalue weighted by molar-refractivity contribution is -0.132. The monoisotopic (exact) mass is 311 g/mol. The summed E-state index contributed by atoms with van der Waals surface area (Å²) in [6.07, 6.45) is 4.81. The number of benzene rings is 1. The number of carbonyl (C=O) groups excluding carboxylic acids is 1. The van der Waals surface area contributed by atoms with E-state index in [9.17, 15) is 4.79 Å². The average Bonchev–Trinajstić information content (AvgIpc) is 3.10. The van der Waals surface area contributed by atoms with Gasteiger partial charge in [-0.2, -0.15) is 0 Å². The molecule has 0 aliphatic carbocycles. The summed E-state index contributed by atoms with van der Waals surface area (Å²) in [5.41, 5.74) is 8.88. The molecule has 2 atom stereocenters. The first-order valence-electron chi connectivity index (χ1n) is 7.89. The first-order chi connectivity index (χ1) is 11.3. The Hall–Kier alpha value is -2.24. The van der Waals surface area contributed by atoms with Crippen molar-refractivity contribution in [2.45, 2.75) is 31.6 Å². The van der Waals surface area contributed by atoms with Gasteiger partial charge in [0.2, 0.25) is 5.91 Å². The third-order valence-corrected chi connectivity index (χ3v) is 4.10. The summed E-state index contributed by atoms with van der Waals surface area (Å²) in [4.78, 5) is 16.1. The van der Waals surface area contributed by atoms with Crippen LogP contribution in [0.25, 0.3) is 11.1 Å². The zero-order valence-electron chi connectivity index (χ0n) is 12.9. The van der Waals surface area contributed by atoms with E-state index in [1.807, 2.05) is 36.4 Å². The molecular formula is C18H21N3O2. The van der Waals surface area contributed by atoms with Gasteiger partial charge in [0.1, 0.15) is 6.10 Å². The van der Waals surface area contributed by atoms with Gasteiger partial charge in [-0.25, -0.2) is 0 Å². The third-order valence-electron chi connectivity index (χ3n) is 4.10. The quantitative estimate of drug-likeness (QED) is 0.884. The van der Waals surface area contributed by atoms with Gasteiger partial charge in [-0.1, -0.05) is 24.3 Å². The molecule has 1 fully saturated rings. The minimum absolute atomic E-state index is 0.0189. The van der Waals surface area contributed by atoms with Crippen molar-refractivity contribution in [3.8, 4) is 11.1 Å². The Morgan fingerprint density at radius 3 is 2.48 bits per heavy atom. The second-order valence-corrected chi connectivity index (χ2v) is 5.71. The van der Waals surface area contributed by atoms with Crippen molar-refractivity contribution in [2.75, 3.05) is 6.54 Å². The molecule has 1 aliphatic rings. The second-order valence-electron chi connectivity index (χ2n) is 5.71. The maximum absolute atomic E-state index is 12.1. The molecule has 0 unspecified atom stereocenters. The maximum Gasteiger partial charge on any atom is 0.249 e. The lowest BCUT2D eigenvalue weighted by Crippen LogP contribution is -2.35. The smallest absolute Gasteiger partial charge is 0.249 e. The average molecular weight is 311 g/mol. The molecule has 0 saturated carbocycles. The Morgan fingerprint density at radius 2 is 1.83 bits per heavy atom. The molecule has 1 aromatic carbocycles. The molecule has 1 amide bonds. The van der Waals surface area contributed by atoms with E-state index in [1.165, 1.54) is 0 Å². The van der Waals surface area contributed by atoms with Crippen LogP contribution in [0.15, 0.2) is 48.8 Å². The normalized spacial score (nSPS) is 20.4. The minimum atomic E-state index is -0.361.